The molecule has 0 aliphatic rings. The number of fused-ring (bicyclic) bond motifs is 1. The van der Waals surface area contributed by atoms with E-state index in [-0.39, 0.29) is 30.9 Å². The summed E-state index contributed by atoms with van der Waals surface area (Å²) in [5, 5.41) is 13.4. The van der Waals surface area contributed by atoms with Crippen molar-refractivity contribution < 1.29 is 23.8 Å². The van der Waals surface area contributed by atoms with E-state index in [0.29, 0.717) is 11.1 Å². The van der Waals surface area contributed by atoms with Crippen molar-refractivity contribution in [3.63, 3.8) is 0 Å². The zero-order valence-corrected chi connectivity index (χ0v) is 21.3. The molecular formula is C28H37NO5. The molecule has 0 aliphatic heterocycles. The fourth-order valence-corrected chi connectivity index (χ4v) is 3.85. The van der Waals surface area contributed by atoms with Crippen LogP contribution >= 0.6 is 0 Å². The second-order valence-corrected chi connectivity index (χ2v) is 8.74. The Kier molecular flexibility index (Phi) is 9.87. The molecule has 1 atom stereocenters. The van der Waals surface area contributed by atoms with Crippen LogP contribution in [0.15, 0.2) is 47.1 Å². The molecule has 3 aromatic rings. The molecule has 6 nitrogen and oxygen atoms in total. The average molecular weight is 468 g/mol. The number of amides is 1. The molecule has 184 valence electrons. The lowest BCUT2D eigenvalue weighted by atomic mass is 9.94. The molecule has 1 heterocycles. The highest BCUT2D eigenvalue weighted by Crippen LogP contribution is 2.25. The van der Waals surface area contributed by atoms with Gasteiger partial charge in [0.05, 0.1) is 12.4 Å². The van der Waals surface area contributed by atoms with Crippen LogP contribution in [0.3, 0.4) is 0 Å². The van der Waals surface area contributed by atoms with Crippen molar-refractivity contribution in [3.05, 3.63) is 70.5 Å². The number of carbonyl (C=O) groups excluding carboxylic acids is 1. The van der Waals surface area contributed by atoms with Crippen LogP contribution in [0.1, 0.15) is 80.1 Å². The Labute approximate surface area is 202 Å². The lowest BCUT2D eigenvalue weighted by Crippen LogP contribution is -2.29. The van der Waals surface area contributed by atoms with Crippen LogP contribution in [0.5, 0.6) is 0 Å². The third-order valence-electron chi connectivity index (χ3n) is 5.33. The molecule has 1 aromatic heterocycles. The fraction of sp³-hybridized carbons (Fsp3) is 0.429. The van der Waals surface area contributed by atoms with Crippen molar-refractivity contribution in [2.75, 3.05) is 0 Å². The fourth-order valence-electron chi connectivity index (χ4n) is 3.85. The number of aliphatic carboxylic acids is 1. The summed E-state index contributed by atoms with van der Waals surface area (Å²) in [6.07, 6.45) is 0.682. The molecule has 2 aromatic carbocycles. The molecule has 0 bridgehead atoms. The number of nitrogens with one attached hydrogen (secondary N) is 1. The van der Waals surface area contributed by atoms with Gasteiger partial charge in [0.25, 0.3) is 5.91 Å². The van der Waals surface area contributed by atoms with Crippen LogP contribution in [-0.2, 0) is 22.5 Å². The van der Waals surface area contributed by atoms with Crippen molar-refractivity contribution in [1.29, 1.82) is 0 Å². The number of benzene rings is 2. The first-order chi connectivity index (χ1) is 16.2. The van der Waals surface area contributed by atoms with Crippen LogP contribution in [-0.4, -0.2) is 29.2 Å². The SMILES string of the molecule is CC.Cc1ccc(C(=O)NCc2cc(CC(OC(C)C)C(=O)O)cc3ccoc23)c(C(C)C)c1. The van der Waals surface area contributed by atoms with Gasteiger partial charge in [0.15, 0.2) is 6.10 Å². The first-order valence-corrected chi connectivity index (χ1v) is 11.9. The Morgan fingerprint density at radius 1 is 1.06 bits per heavy atom. The number of hydrogen-bond acceptors (Lipinski definition) is 4. The van der Waals surface area contributed by atoms with Gasteiger partial charge in [-0.2, -0.15) is 0 Å². The highest BCUT2D eigenvalue weighted by atomic mass is 16.5. The summed E-state index contributed by atoms with van der Waals surface area (Å²) in [7, 11) is 0. The predicted molar refractivity (Wildman–Crippen MR) is 135 cm³/mol. The van der Waals surface area contributed by atoms with E-state index in [9.17, 15) is 14.7 Å². The third kappa shape index (κ3) is 6.94. The minimum atomic E-state index is -0.999. The van der Waals surface area contributed by atoms with E-state index in [0.717, 1.165) is 27.6 Å². The van der Waals surface area contributed by atoms with Crippen LogP contribution in [0.4, 0.5) is 0 Å². The number of rotatable bonds is 9. The molecule has 0 spiro atoms. The lowest BCUT2D eigenvalue weighted by molar-refractivity contribution is -0.153. The van der Waals surface area contributed by atoms with E-state index in [2.05, 4.69) is 19.2 Å². The first kappa shape index (κ1) is 27.1. The smallest absolute Gasteiger partial charge is 0.333 e. The second-order valence-electron chi connectivity index (χ2n) is 8.74. The molecular weight excluding hydrogens is 430 g/mol. The Hall–Kier alpha value is -3.12. The standard InChI is InChI=1S/C26H31NO5.C2H6/c1-15(2)22-10-17(5)6-7-21(22)25(28)27-14-20-12-18(11-19-8-9-31-24(19)20)13-23(26(29)30)32-16(3)4;1-2/h6-12,15-16,23H,13-14H2,1-5H3,(H,27,28)(H,29,30);1-2H3. The summed E-state index contributed by atoms with van der Waals surface area (Å²) in [5.41, 5.74) is 5.07. The number of aryl methyl sites for hydroxylation is 1. The molecule has 0 saturated carbocycles. The zero-order chi connectivity index (χ0) is 25.4. The number of ether oxygens (including phenoxy) is 1. The summed E-state index contributed by atoms with van der Waals surface area (Å²) in [5.74, 6) is -0.920. The normalized spacial score (nSPS) is 11.9. The minimum absolute atomic E-state index is 0.148. The Bertz CT molecular complexity index is 1110. The molecule has 2 N–H and O–H groups in total. The van der Waals surface area contributed by atoms with E-state index < -0.39 is 12.1 Å². The van der Waals surface area contributed by atoms with Gasteiger partial charge in [-0.3, -0.25) is 4.79 Å². The average Bonchev–Trinajstić information content (AvgIpc) is 3.26. The largest absolute Gasteiger partial charge is 0.479 e. The summed E-state index contributed by atoms with van der Waals surface area (Å²) >= 11 is 0. The van der Waals surface area contributed by atoms with E-state index in [1.165, 1.54) is 0 Å². The Balaban J connectivity index is 0.00000199. The van der Waals surface area contributed by atoms with Gasteiger partial charge in [0.2, 0.25) is 0 Å². The van der Waals surface area contributed by atoms with E-state index in [1.807, 2.05) is 71.0 Å². The van der Waals surface area contributed by atoms with Gasteiger partial charge >= 0.3 is 5.97 Å². The van der Waals surface area contributed by atoms with Crippen LogP contribution in [0.2, 0.25) is 0 Å². The number of hydrogen-bond donors (Lipinski definition) is 2. The molecule has 0 aliphatic carbocycles. The molecule has 0 saturated heterocycles. The number of carbonyl (C=O) groups is 2. The maximum atomic E-state index is 13.0. The number of carboxylic acids is 1. The minimum Gasteiger partial charge on any atom is -0.479 e. The van der Waals surface area contributed by atoms with Crippen LogP contribution < -0.4 is 5.32 Å². The predicted octanol–water partition coefficient (Wildman–Crippen LogP) is 6.24. The molecule has 1 amide bonds. The van der Waals surface area contributed by atoms with Gasteiger partial charge in [-0.25, -0.2) is 4.79 Å². The van der Waals surface area contributed by atoms with Gasteiger partial charge in [0.1, 0.15) is 5.58 Å². The van der Waals surface area contributed by atoms with Crippen molar-refractivity contribution >= 4 is 22.8 Å². The van der Waals surface area contributed by atoms with Crippen molar-refractivity contribution in [3.8, 4) is 0 Å². The number of furan rings is 1. The third-order valence-corrected chi connectivity index (χ3v) is 5.33. The van der Waals surface area contributed by atoms with Crippen LogP contribution in [0.25, 0.3) is 11.0 Å². The Morgan fingerprint density at radius 2 is 1.76 bits per heavy atom. The van der Waals surface area contributed by atoms with Gasteiger partial charge in [-0.1, -0.05) is 51.5 Å². The number of carboxylic acid groups (broad SMARTS) is 1. The molecule has 3 rings (SSSR count). The summed E-state index contributed by atoms with van der Waals surface area (Å²) in [4.78, 5) is 24.6. The molecule has 6 heteroatoms. The maximum Gasteiger partial charge on any atom is 0.333 e. The van der Waals surface area contributed by atoms with Gasteiger partial charge in [0, 0.05) is 29.5 Å². The summed E-state index contributed by atoms with van der Waals surface area (Å²) in [6, 6.07) is 11.5. The highest BCUT2D eigenvalue weighted by Gasteiger charge is 2.21. The molecule has 0 radical (unpaired) electrons. The topological polar surface area (TPSA) is 88.8 Å². The second kappa shape index (κ2) is 12.4. The van der Waals surface area contributed by atoms with E-state index in [4.69, 9.17) is 9.15 Å². The lowest BCUT2D eigenvalue weighted by Gasteiger charge is -2.17. The quantitative estimate of drug-likeness (QED) is 0.389. The van der Waals surface area contributed by atoms with Crippen molar-refractivity contribution in [2.45, 2.75) is 79.6 Å². The van der Waals surface area contributed by atoms with Gasteiger partial charge in [-0.15, -0.1) is 0 Å². The van der Waals surface area contributed by atoms with E-state index in [1.54, 1.807) is 6.26 Å². The molecule has 0 fully saturated rings. The Morgan fingerprint density at radius 3 is 2.38 bits per heavy atom. The summed E-state index contributed by atoms with van der Waals surface area (Å²) < 4.78 is 11.2. The van der Waals surface area contributed by atoms with Gasteiger partial charge in [-0.05, 0) is 56.0 Å². The molecule has 34 heavy (non-hydrogen) atoms. The zero-order valence-electron chi connectivity index (χ0n) is 21.3. The van der Waals surface area contributed by atoms with Crippen molar-refractivity contribution in [2.24, 2.45) is 0 Å². The first-order valence-electron chi connectivity index (χ1n) is 11.9. The summed E-state index contributed by atoms with van der Waals surface area (Å²) in [6.45, 7) is 14.0. The van der Waals surface area contributed by atoms with Crippen molar-refractivity contribution in [1.82, 2.24) is 5.32 Å². The maximum absolute atomic E-state index is 13.0. The monoisotopic (exact) mass is 467 g/mol. The molecule has 1 unspecified atom stereocenters. The highest BCUT2D eigenvalue weighted by molar-refractivity contribution is 5.96. The van der Waals surface area contributed by atoms with Crippen LogP contribution in [0, 0.1) is 6.92 Å². The van der Waals surface area contributed by atoms with E-state index >= 15 is 0 Å². The van der Waals surface area contributed by atoms with Gasteiger partial charge < -0.3 is 19.6 Å².